The van der Waals surface area contributed by atoms with Crippen LogP contribution >= 0.6 is 12.4 Å². The number of benzene rings is 2. The highest BCUT2D eigenvalue weighted by Crippen LogP contribution is 2.30. The molecule has 25 heavy (non-hydrogen) atoms. The van der Waals surface area contributed by atoms with Crippen molar-refractivity contribution in [1.82, 2.24) is 4.72 Å². The maximum Gasteiger partial charge on any atom is 0.292 e. The van der Waals surface area contributed by atoms with Crippen LogP contribution in [0.5, 0.6) is 0 Å². The van der Waals surface area contributed by atoms with E-state index >= 15 is 0 Å². The molecule has 0 unspecified atom stereocenters. The minimum Gasteiger partial charge on any atom is -0.399 e. The molecule has 2 aromatic carbocycles. The Bertz CT molecular complexity index is 868. The zero-order valence-corrected chi connectivity index (χ0v) is 15.5. The molecule has 3 N–H and O–H groups in total. The SMILES string of the molecule is Cc1ccc(C)c(S(=O)(=O)NCCc2ccc(N)cc2)c1[N+](=O)[O-].Cl. The first-order chi connectivity index (χ1) is 11.2. The van der Waals surface area contributed by atoms with E-state index in [-0.39, 0.29) is 29.5 Å². The minimum atomic E-state index is -3.98. The molecule has 0 heterocycles. The highest BCUT2D eigenvalue weighted by molar-refractivity contribution is 7.89. The summed E-state index contributed by atoms with van der Waals surface area (Å²) >= 11 is 0. The summed E-state index contributed by atoms with van der Waals surface area (Å²) < 4.78 is 27.5. The second-order valence-corrected chi connectivity index (χ2v) is 7.23. The topological polar surface area (TPSA) is 115 Å². The van der Waals surface area contributed by atoms with Gasteiger partial charge in [-0.1, -0.05) is 24.3 Å². The zero-order chi connectivity index (χ0) is 17.9. The van der Waals surface area contributed by atoms with E-state index in [1.165, 1.54) is 6.92 Å². The van der Waals surface area contributed by atoms with Gasteiger partial charge in [0.15, 0.2) is 4.90 Å². The van der Waals surface area contributed by atoms with Crippen molar-refractivity contribution in [3.63, 3.8) is 0 Å². The van der Waals surface area contributed by atoms with Crippen LogP contribution in [0.1, 0.15) is 16.7 Å². The largest absolute Gasteiger partial charge is 0.399 e. The number of halogens is 1. The summed E-state index contributed by atoms with van der Waals surface area (Å²) in [6, 6.07) is 10.2. The maximum atomic E-state index is 12.5. The lowest BCUT2D eigenvalue weighted by atomic mass is 10.1. The van der Waals surface area contributed by atoms with Gasteiger partial charge in [0.1, 0.15) is 0 Å². The first-order valence-corrected chi connectivity index (χ1v) is 8.79. The van der Waals surface area contributed by atoms with Gasteiger partial charge < -0.3 is 5.73 Å². The van der Waals surface area contributed by atoms with E-state index in [1.807, 2.05) is 12.1 Å². The molecule has 0 amide bonds. The number of nitrogens with two attached hydrogens (primary N) is 1. The molecule has 0 aliphatic rings. The van der Waals surface area contributed by atoms with Crippen LogP contribution in [0.4, 0.5) is 11.4 Å². The Morgan fingerprint density at radius 1 is 1.08 bits per heavy atom. The monoisotopic (exact) mass is 385 g/mol. The molecule has 0 spiro atoms. The summed E-state index contributed by atoms with van der Waals surface area (Å²) in [7, 11) is -3.98. The third-order valence-corrected chi connectivity index (χ3v) is 5.30. The number of nitro benzene ring substituents is 1. The van der Waals surface area contributed by atoms with Crippen molar-refractivity contribution in [2.45, 2.75) is 25.2 Å². The van der Waals surface area contributed by atoms with Gasteiger partial charge >= 0.3 is 0 Å². The van der Waals surface area contributed by atoms with Crippen LogP contribution in [0.25, 0.3) is 0 Å². The number of aryl methyl sites for hydroxylation is 2. The Labute approximate surface area is 152 Å². The lowest BCUT2D eigenvalue weighted by molar-refractivity contribution is -0.388. The summed E-state index contributed by atoms with van der Waals surface area (Å²) in [6.07, 6.45) is 0.457. The van der Waals surface area contributed by atoms with Gasteiger partial charge in [-0.15, -0.1) is 12.4 Å². The van der Waals surface area contributed by atoms with Gasteiger partial charge in [0.2, 0.25) is 10.0 Å². The van der Waals surface area contributed by atoms with Crippen LogP contribution in [0, 0.1) is 24.0 Å². The molecule has 0 saturated carbocycles. The van der Waals surface area contributed by atoms with Crippen molar-refractivity contribution >= 4 is 33.8 Å². The molecule has 0 saturated heterocycles. The number of anilines is 1. The van der Waals surface area contributed by atoms with E-state index < -0.39 is 14.9 Å². The molecule has 0 atom stereocenters. The molecule has 0 fully saturated rings. The van der Waals surface area contributed by atoms with E-state index in [4.69, 9.17) is 5.73 Å². The van der Waals surface area contributed by atoms with E-state index in [0.29, 0.717) is 23.2 Å². The van der Waals surface area contributed by atoms with Crippen molar-refractivity contribution in [3.8, 4) is 0 Å². The fourth-order valence-electron chi connectivity index (χ4n) is 2.42. The number of rotatable bonds is 6. The smallest absolute Gasteiger partial charge is 0.292 e. The number of nitro groups is 1. The molecule has 0 radical (unpaired) electrons. The molecule has 7 nitrogen and oxygen atoms in total. The van der Waals surface area contributed by atoms with Crippen LogP contribution in [0.3, 0.4) is 0 Å². The highest BCUT2D eigenvalue weighted by atomic mass is 35.5. The van der Waals surface area contributed by atoms with Gasteiger partial charge in [0, 0.05) is 17.8 Å². The predicted molar refractivity (Wildman–Crippen MR) is 99.6 cm³/mol. The van der Waals surface area contributed by atoms with Gasteiger partial charge in [0.25, 0.3) is 5.69 Å². The Morgan fingerprint density at radius 3 is 2.20 bits per heavy atom. The van der Waals surface area contributed by atoms with Crippen LogP contribution < -0.4 is 10.5 Å². The number of hydrogen-bond donors (Lipinski definition) is 2. The Kier molecular flexibility index (Phi) is 6.92. The lowest BCUT2D eigenvalue weighted by Crippen LogP contribution is -2.27. The van der Waals surface area contributed by atoms with E-state index in [2.05, 4.69) is 4.72 Å². The third kappa shape index (κ3) is 4.91. The molecule has 2 aromatic rings. The summed E-state index contributed by atoms with van der Waals surface area (Å²) in [5.74, 6) is 0. The minimum absolute atomic E-state index is 0. The highest BCUT2D eigenvalue weighted by Gasteiger charge is 2.29. The number of hydrogen-bond acceptors (Lipinski definition) is 5. The molecule has 0 aliphatic heterocycles. The van der Waals surface area contributed by atoms with Crippen molar-refractivity contribution in [3.05, 3.63) is 63.2 Å². The quantitative estimate of drug-likeness (QED) is 0.450. The average Bonchev–Trinajstić information content (AvgIpc) is 2.50. The molecule has 0 bridgehead atoms. The first-order valence-electron chi connectivity index (χ1n) is 7.31. The predicted octanol–water partition coefficient (Wildman–Crippen LogP) is 2.74. The van der Waals surface area contributed by atoms with Crippen molar-refractivity contribution < 1.29 is 13.3 Å². The van der Waals surface area contributed by atoms with Gasteiger partial charge in [-0.2, -0.15) is 0 Å². The normalized spacial score (nSPS) is 11.0. The van der Waals surface area contributed by atoms with Crippen molar-refractivity contribution in [1.29, 1.82) is 0 Å². The standard InChI is InChI=1S/C16H19N3O4S.ClH/c1-11-3-4-12(2)16(15(11)19(20)21)24(22,23)18-10-9-13-5-7-14(17)8-6-13;/h3-8,18H,9-10,17H2,1-2H3;1H. The van der Waals surface area contributed by atoms with E-state index in [9.17, 15) is 18.5 Å². The Hall–Kier alpha value is -2.16. The Morgan fingerprint density at radius 2 is 1.64 bits per heavy atom. The van der Waals surface area contributed by atoms with E-state index in [1.54, 1.807) is 31.2 Å². The second kappa shape index (κ2) is 8.28. The van der Waals surface area contributed by atoms with Gasteiger partial charge in [-0.05, 0) is 43.5 Å². The molecular weight excluding hydrogens is 366 g/mol. The number of sulfonamides is 1. The summed E-state index contributed by atoms with van der Waals surface area (Å²) in [5.41, 5.74) is 7.42. The molecule has 0 aromatic heterocycles. The summed E-state index contributed by atoms with van der Waals surface area (Å²) in [4.78, 5) is 10.3. The molecule has 2 rings (SSSR count). The third-order valence-electron chi connectivity index (χ3n) is 3.67. The summed E-state index contributed by atoms with van der Waals surface area (Å²) in [6.45, 7) is 3.20. The number of nitrogen functional groups attached to an aromatic ring is 1. The molecular formula is C16H20ClN3O4S. The van der Waals surface area contributed by atoms with Crippen LogP contribution in [0.15, 0.2) is 41.3 Å². The average molecular weight is 386 g/mol. The number of nitrogens with one attached hydrogen (secondary N) is 1. The first kappa shape index (κ1) is 20.9. The fraction of sp³-hybridized carbons (Fsp3) is 0.250. The molecule has 0 aliphatic carbocycles. The summed E-state index contributed by atoms with van der Waals surface area (Å²) in [5, 5.41) is 11.3. The molecule has 136 valence electrons. The van der Waals surface area contributed by atoms with E-state index in [0.717, 1.165) is 5.56 Å². The van der Waals surface area contributed by atoms with Crippen LogP contribution in [0.2, 0.25) is 0 Å². The van der Waals surface area contributed by atoms with Crippen molar-refractivity contribution in [2.24, 2.45) is 0 Å². The zero-order valence-electron chi connectivity index (χ0n) is 13.9. The van der Waals surface area contributed by atoms with Crippen molar-refractivity contribution in [2.75, 3.05) is 12.3 Å². The molecule has 9 heteroatoms. The number of nitrogens with zero attached hydrogens (tertiary/aromatic N) is 1. The van der Waals surface area contributed by atoms with Crippen LogP contribution in [-0.2, 0) is 16.4 Å². The second-order valence-electron chi connectivity index (χ2n) is 5.52. The van der Waals surface area contributed by atoms with Gasteiger partial charge in [-0.3, -0.25) is 10.1 Å². The van der Waals surface area contributed by atoms with Gasteiger partial charge in [-0.25, -0.2) is 13.1 Å². The fourth-order valence-corrected chi connectivity index (χ4v) is 3.92. The van der Waals surface area contributed by atoms with Crippen LogP contribution in [-0.4, -0.2) is 19.9 Å². The maximum absolute atomic E-state index is 12.5. The lowest BCUT2D eigenvalue weighted by Gasteiger charge is -2.11. The van der Waals surface area contributed by atoms with Gasteiger partial charge in [0.05, 0.1) is 4.92 Å². The Balaban J connectivity index is 0.00000312.